The molecule has 1 unspecified atom stereocenters. The van der Waals surface area contributed by atoms with Crippen molar-refractivity contribution in [3.05, 3.63) is 107 Å². The number of benzene rings is 2. The van der Waals surface area contributed by atoms with Gasteiger partial charge in [-0.2, -0.15) is 0 Å². The van der Waals surface area contributed by atoms with Crippen LogP contribution in [0.1, 0.15) is 36.1 Å². The van der Waals surface area contributed by atoms with Gasteiger partial charge in [0.2, 0.25) is 0 Å². The highest BCUT2D eigenvalue weighted by atomic mass is 35.5. The van der Waals surface area contributed by atoms with Crippen LogP contribution in [0.2, 0.25) is 5.15 Å². The molecule has 0 spiro atoms. The second kappa shape index (κ2) is 14.9. The van der Waals surface area contributed by atoms with Gasteiger partial charge in [-0.15, -0.1) is 4.36 Å². The van der Waals surface area contributed by atoms with E-state index < -0.39 is 27.5 Å². The molecule has 0 fully saturated rings. The van der Waals surface area contributed by atoms with Gasteiger partial charge in [0.05, 0.1) is 28.3 Å². The number of unbranched alkanes of at least 4 members (excludes halogenated alkanes) is 2. The summed E-state index contributed by atoms with van der Waals surface area (Å²) in [5, 5.41) is 0.250. The van der Waals surface area contributed by atoms with Crippen LogP contribution in [0.3, 0.4) is 0 Å². The number of halogens is 3. The summed E-state index contributed by atoms with van der Waals surface area (Å²) in [6, 6.07) is 17.8. The zero-order chi connectivity index (χ0) is 30.8. The molecule has 1 amide bonds. The van der Waals surface area contributed by atoms with E-state index >= 15 is 0 Å². The monoisotopic (exact) mass is 628 g/mol. The lowest BCUT2D eigenvalue weighted by molar-refractivity contribution is 0.151. The Morgan fingerprint density at radius 2 is 1.79 bits per heavy atom. The standard InChI is InChI=1S/C31H31ClF2N4O4S/c1-43(40,38-31(39)42-19-21-8-4-2-5-9-21)20-22-14-24(37-29(32)15-22)10-6-3-7-13-41-28-16-23(33)11-12-25(28)26-17-30(35)36-18-27(26)34/h2,4-5,8-9,11-12,14-18H,3,6-7,10,13,19-20H2,1H3,(H2,35,36). The second-order valence-electron chi connectivity index (χ2n) is 9.91. The molecule has 0 saturated carbocycles. The molecule has 4 aromatic rings. The summed E-state index contributed by atoms with van der Waals surface area (Å²) in [5.74, 6) is -0.730. The normalized spacial score (nSPS) is 12.4. The van der Waals surface area contributed by atoms with Crippen LogP contribution in [0.5, 0.6) is 5.75 Å². The molecule has 2 aromatic heterocycles. The van der Waals surface area contributed by atoms with Gasteiger partial charge < -0.3 is 15.2 Å². The van der Waals surface area contributed by atoms with Gasteiger partial charge in [0.15, 0.2) is 0 Å². The molecule has 0 aliphatic heterocycles. The molecular weight excluding hydrogens is 598 g/mol. The molecule has 2 aromatic carbocycles. The van der Waals surface area contributed by atoms with E-state index in [1.807, 2.05) is 30.3 Å². The zero-order valence-corrected chi connectivity index (χ0v) is 25.0. The number of anilines is 1. The van der Waals surface area contributed by atoms with E-state index in [9.17, 15) is 17.8 Å². The number of aromatic nitrogens is 2. The van der Waals surface area contributed by atoms with Crippen molar-refractivity contribution in [3.8, 4) is 16.9 Å². The number of nitrogen functional groups attached to an aromatic ring is 1. The summed E-state index contributed by atoms with van der Waals surface area (Å²) in [4.78, 5) is 20.2. The van der Waals surface area contributed by atoms with Crippen molar-refractivity contribution in [1.29, 1.82) is 0 Å². The first-order valence-corrected chi connectivity index (χ1v) is 15.9. The number of pyridine rings is 2. The first-order chi connectivity index (χ1) is 20.6. The van der Waals surface area contributed by atoms with Crippen molar-refractivity contribution >= 4 is 33.2 Å². The van der Waals surface area contributed by atoms with Crippen LogP contribution in [0.4, 0.5) is 19.4 Å². The Kier molecular flexibility index (Phi) is 11.0. The Morgan fingerprint density at radius 3 is 2.58 bits per heavy atom. The summed E-state index contributed by atoms with van der Waals surface area (Å²) in [5.41, 5.74) is 8.42. The van der Waals surface area contributed by atoms with Gasteiger partial charge in [0, 0.05) is 29.1 Å². The van der Waals surface area contributed by atoms with E-state index in [1.54, 1.807) is 12.1 Å². The highest BCUT2D eigenvalue weighted by Gasteiger charge is 2.14. The first kappa shape index (κ1) is 31.8. The minimum atomic E-state index is -2.93. The molecule has 226 valence electrons. The van der Waals surface area contributed by atoms with E-state index in [2.05, 4.69) is 14.3 Å². The van der Waals surface area contributed by atoms with Gasteiger partial charge in [-0.25, -0.2) is 27.8 Å². The third kappa shape index (κ3) is 10.0. The average molecular weight is 629 g/mol. The fourth-order valence-corrected chi connectivity index (χ4v) is 5.80. The van der Waals surface area contributed by atoms with E-state index in [0.717, 1.165) is 24.6 Å². The molecule has 12 heteroatoms. The largest absolute Gasteiger partial charge is 0.493 e. The molecule has 2 N–H and O–H groups in total. The summed E-state index contributed by atoms with van der Waals surface area (Å²) in [7, 11) is -2.93. The van der Waals surface area contributed by atoms with Crippen LogP contribution in [0, 0.1) is 11.6 Å². The third-order valence-corrected chi connectivity index (χ3v) is 7.86. The van der Waals surface area contributed by atoms with E-state index in [-0.39, 0.29) is 41.3 Å². The lowest BCUT2D eigenvalue weighted by Crippen LogP contribution is -2.08. The van der Waals surface area contributed by atoms with Crippen molar-refractivity contribution < 1.29 is 27.3 Å². The van der Waals surface area contributed by atoms with Crippen LogP contribution >= 0.6 is 11.6 Å². The number of nitrogens with two attached hydrogens (primary N) is 1. The topological polar surface area (TPSA) is 117 Å². The summed E-state index contributed by atoms with van der Waals surface area (Å²) in [6.45, 7) is 0.323. The molecule has 2 heterocycles. The van der Waals surface area contributed by atoms with Gasteiger partial charge in [0.1, 0.15) is 35.0 Å². The Morgan fingerprint density at radius 1 is 1.00 bits per heavy atom. The third-order valence-electron chi connectivity index (χ3n) is 6.26. The number of hydrogen-bond acceptors (Lipinski definition) is 7. The fraction of sp³-hybridized carbons (Fsp3) is 0.258. The molecule has 0 bridgehead atoms. The predicted molar refractivity (Wildman–Crippen MR) is 163 cm³/mol. The molecular formula is C31H31ClF2N4O4S. The number of amides is 1. The quantitative estimate of drug-likeness (QED) is 0.128. The van der Waals surface area contributed by atoms with Crippen molar-refractivity contribution in [1.82, 2.24) is 9.97 Å². The molecule has 4 rings (SSSR count). The molecule has 1 atom stereocenters. The SMILES string of the molecule is CS(=O)(Cc1cc(Cl)nc(CCCCCOc2cc(F)ccc2-c2cc(N)ncc2F)c1)=NC(=O)OCc1ccccc1. The van der Waals surface area contributed by atoms with Gasteiger partial charge in [-0.1, -0.05) is 41.9 Å². The zero-order valence-electron chi connectivity index (χ0n) is 23.5. The second-order valence-corrected chi connectivity index (χ2v) is 12.7. The number of carbonyl (C=O) groups is 1. The van der Waals surface area contributed by atoms with Crippen LogP contribution in [0.15, 0.2) is 77.3 Å². The van der Waals surface area contributed by atoms with Crippen LogP contribution < -0.4 is 10.5 Å². The summed E-state index contributed by atoms with van der Waals surface area (Å²) < 4.78 is 56.0. The molecule has 0 saturated heterocycles. The number of rotatable bonds is 12. The molecule has 0 radical (unpaired) electrons. The Labute approximate surface area is 254 Å². The maximum absolute atomic E-state index is 14.4. The van der Waals surface area contributed by atoms with E-state index in [4.69, 9.17) is 26.8 Å². The molecule has 0 aliphatic carbocycles. The highest BCUT2D eigenvalue weighted by Crippen LogP contribution is 2.33. The smallest absolute Gasteiger partial charge is 0.442 e. The number of ether oxygens (including phenoxy) is 2. The number of nitrogens with zero attached hydrogens (tertiary/aromatic N) is 3. The first-order valence-electron chi connectivity index (χ1n) is 13.5. The summed E-state index contributed by atoms with van der Waals surface area (Å²) in [6.07, 6.45) is 4.28. The van der Waals surface area contributed by atoms with Gasteiger partial charge in [-0.05, 0) is 67.1 Å². The van der Waals surface area contributed by atoms with Crippen LogP contribution in [-0.2, 0) is 33.2 Å². The Bertz CT molecular complexity index is 1700. The number of hydrogen-bond donors (Lipinski definition) is 1. The molecule has 8 nitrogen and oxygen atoms in total. The minimum absolute atomic E-state index is 0.0101. The minimum Gasteiger partial charge on any atom is -0.493 e. The van der Waals surface area contributed by atoms with Crippen LogP contribution in [0.25, 0.3) is 11.1 Å². The lowest BCUT2D eigenvalue weighted by Gasteiger charge is -2.13. The maximum Gasteiger partial charge on any atom is 0.442 e. The van der Waals surface area contributed by atoms with Gasteiger partial charge in [0.25, 0.3) is 0 Å². The van der Waals surface area contributed by atoms with Crippen LogP contribution in [-0.4, -0.2) is 33.1 Å². The predicted octanol–water partition coefficient (Wildman–Crippen LogP) is 7.38. The number of carbonyl (C=O) groups excluding carboxylic acids is 1. The van der Waals surface area contributed by atoms with Gasteiger partial charge in [-0.3, -0.25) is 0 Å². The van der Waals surface area contributed by atoms with Gasteiger partial charge >= 0.3 is 6.09 Å². The molecule has 43 heavy (non-hydrogen) atoms. The lowest BCUT2D eigenvalue weighted by atomic mass is 10.0. The molecule has 0 aliphatic rings. The van der Waals surface area contributed by atoms with Crippen molar-refractivity contribution in [2.24, 2.45) is 4.36 Å². The van der Waals surface area contributed by atoms with Crippen molar-refractivity contribution in [2.45, 2.75) is 38.0 Å². The fourth-order valence-electron chi connectivity index (χ4n) is 4.33. The highest BCUT2D eigenvalue weighted by molar-refractivity contribution is 7.92. The number of aryl methyl sites for hydroxylation is 1. The van der Waals surface area contributed by atoms with Crippen molar-refractivity contribution in [3.63, 3.8) is 0 Å². The average Bonchev–Trinajstić information content (AvgIpc) is 2.95. The van der Waals surface area contributed by atoms with E-state index in [1.165, 1.54) is 30.5 Å². The summed E-state index contributed by atoms with van der Waals surface area (Å²) >= 11 is 6.22. The van der Waals surface area contributed by atoms with Crippen molar-refractivity contribution in [2.75, 3.05) is 18.6 Å². The maximum atomic E-state index is 14.4. The Hall–Kier alpha value is -4.09. The van der Waals surface area contributed by atoms with E-state index in [0.29, 0.717) is 29.7 Å². The Balaban J connectivity index is 1.28.